The molecule has 4 nitrogen and oxygen atoms in total. The molecule has 0 saturated carbocycles. The predicted molar refractivity (Wildman–Crippen MR) is 120 cm³/mol. The van der Waals surface area contributed by atoms with Gasteiger partial charge in [0.15, 0.2) is 0 Å². The van der Waals surface area contributed by atoms with E-state index in [1.807, 2.05) is 47.5 Å². The normalized spacial score (nSPS) is 15.4. The summed E-state index contributed by atoms with van der Waals surface area (Å²) in [5.74, 6) is 0.628. The number of nitrogens with zero attached hydrogens (tertiary/aromatic N) is 3. The Balaban J connectivity index is 1.35. The molecule has 0 atom stereocenters. The third kappa shape index (κ3) is 5.10. The zero-order valence-corrected chi connectivity index (χ0v) is 17.8. The first-order valence-electron chi connectivity index (χ1n) is 9.91. The van der Waals surface area contributed by atoms with Crippen LogP contribution < -0.4 is 0 Å². The molecule has 2 heterocycles. The summed E-state index contributed by atoms with van der Waals surface area (Å²) < 4.78 is 0. The van der Waals surface area contributed by atoms with E-state index in [-0.39, 0.29) is 5.91 Å². The van der Waals surface area contributed by atoms with Gasteiger partial charge in [-0.25, -0.2) is 0 Å². The Kier molecular flexibility index (Phi) is 6.70. The highest BCUT2D eigenvalue weighted by Crippen LogP contribution is 2.33. The van der Waals surface area contributed by atoms with Crippen LogP contribution in [0.2, 0.25) is 5.02 Å². The third-order valence-electron chi connectivity index (χ3n) is 5.22. The lowest BCUT2D eigenvalue weighted by Gasteiger charge is -2.22. The van der Waals surface area contributed by atoms with Gasteiger partial charge in [-0.15, -0.1) is 11.8 Å². The molecule has 0 bridgehead atoms. The van der Waals surface area contributed by atoms with E-state index in [9.17, 15) is 4.79 Å². The molecule has 29 heavy (non-hydrogen) atoms. The molecule has 1 fully saturated rings. The maximum atomic E-state index is 12.9. The van der Waals surface area contributed by atoms with Gasteiger partial charge in [-0.3, -0.25) is 14.7 Å². The fourth-order valence-corrected chi connectivity index (χ4v) is 5.06. The summed E-state index contributed by atoms with van der Waals surface area (Å²) in [5.41, 5.74) is 1.08. The van der Waals surface area contributed by atoms with Crippen molar-refractivity contribution < 1.29 is 4.79 Å². The van der Waals surface area contributed by atoms with Crippen molar-refractivity contribution in [2.24, 2.45) is 0 Å². The molecule has 3 aromatic rings. The van der Waals surface area contributed by atoms with Gasteiger partial charge in [0, 0.05) is 54.2 Å². The number of aromatic nitrogens is 1. The minimum Gasteiger partial charge on any atom is -0.341 e. The van der Waals surface area contributed by atoms with Gasteiger partial charge >= 0.3 is 0 Å². The molecule has 6 heteroatoms. The predicted octanol–water partition coefficient (Wildman–Crippen LogP) is 4.71. The Hall–Kier alpha value is -2.08. The summed E-state index contributed by atoms with van der Waals surface area (Å²) in [6, 6.07) is 18.0. The van der Waals surface area contributed by atoms with Gasteiger partial charge in [0.25, 0.3) is 0 Å². The van der Waals surface area contributed by atoms with E-state index >= 15 is 0 Å². The summed E-state index contributed by atoms with van der Waals surface area (Å²) >= 11 is 7.99. The molecule has 0 N–H and O–H groups in total. The molecule has 1 amide bonds. The Morgan fingerprint density at radius 1 is 1.00 bits per heavy atom. The SMILES string of the molecule is O=C(CSc1cccc2cccc(Cl)c12)N1CCCN(Cc2ccccn2)CC1. The largest absolute Gasteiger partial charge is 0.341 e. The highest BCUT2D eigenvalue weighted by molar-refractivity contribution is 8.00. The molecule has 0 radical (unpaired) electrons. The average molecular weight is 426 g/mol. The van der Waals surface area contributed by atoms with Crippen molar-refractivity contribution in [1.29, 1.82) is 0 Å². The average Bonchev–Trinajstić information content (AvgIpc) is 2.98. The van der Waals surface area contributed by atoms with Gasteiger partial charge in [-0.2, -0.15) is 0 Å². The fraction of sp³-hybridized carbons (Fsp3) is 0.304. The van der Waals surface area contributed by atoms with Gasteiger partial charge in [0.05, 0.1) is 11.4 Å². The number of halogens is 1. The Bertz CT molecular complexity index is 977. The van der Waals surface area contributed by atoms with E-state index in [2.05, 4.69) is 28.1 Å². The van der Waals surface area contributed by atoms with Crippen LogP contribution in [0.25, 0.3) is 10.8 Å². The van der Waals surface area contributed by atoms with Crippen LogP contribution >= 0.6 is 23.4 Å². The van der Waals surface area contributed by atoms with Crippen molar-refractivity contribution in [1.82, 2.24) is 14.8 Å². The number of pyridine rings is 1. The van der Waals surface area contributed by atoms with Crippen LogP contribution in [0.1, 0.15) is 12.1 Å². The number of thioether (sulfide) groups is 1. The maximum Gasteiger partial charge on any atom is 0.232 e. The molecule has 0 spiro atoms. The van der Waals surface area contributed by atoms with Crippen LogP contribution in [-0.4, -0.2) is 52.6 Å². The van der Waals surface area contributed by atoms with Crippen molar-refractivity contribution in [3.05, 3.63) is 71.5 Å². The van der Waals surface area contributed by atoms with Crippen LogP contribution in [0.4, 0.5) is 0 Å². The lowest BCUT2D eigenvalue weighted by Crippen LogP contribution is -2.36. The van der Waals surface area contributed by atoms with E-state index in [0.29, 0.717) is 5.75 Å². The molecule has 150 valence electrons. The minimum absolute atomic E-state index is 0.193. The number of benzene rings is 2. The lowest BCUT2D eigenvalue weighted by atomic mass is 10.1. The molecule has 1 saturated heterocycles. The fourth-order valence-electron chi connectivity index (χ4n) is 3.71. The molecular formula is C23H24ClN3OS. The van der Waals surface area contributed by atoms with Gasteiger partial charge in [0.2, 0.25) is 5.91 Å². The zero-order chi connectivity index (χ0) is 20.1. The highest BCUT2D eigenvalue weighted by Gasteiger charge is 2.20. The monoisotopic (exact) mass is 425 g/mol. The summed E-state index contributed by atoms with van der Waals surface area (Å²) in [5, 5.41) is 2.87. The minimum atomic E-state index is 0.193. The second-order valence-electron chi connectivity index (χ2n) is 7.21. The van der Waals surface area contributed by atoms with Crippen LogP contribution in [0.3, 0.4) is 0 Å². The smallest absolute Gasteiger partial charge is 0.232 e. The van der Waals surface area contributed by atoms with Crippen LogP contribution in [0.5, 0.6) is 0 Å². The number of carbonyl (C=O) groups excluding carboxylic acids is 1. The summed E-state index contributed by atoms with van der Waals surface area (Å²) in [6.07, 6.45) is 2.82. The van der Waals surface area contributed by atoms with Crippen molar-refractivity contribution in [2.75, 3.05) is 31.9 Å². The van der Waals surface area contributed by atoms with Crippen molar-refractivity contribution >= 4 is 40.0 Å². The molecule has 1 aromatic heterocycles. The quantitative estimate of drug-likeness (QED) is 0.554. The highest BCUT2D eigenvalue weighted by atomic mass is 35.5. The van der Waals surface area contributed by atoms with Crippen LogP contribution in [0.15, 0.2) is 65.7 Å². The van der Waals surface area contributed by atoms with Gasteiger partial charge < -0.3 is 4.90 Å². The molecular weight excluding hydrogens is 402 g/mol. The summed E-state index contributed by atoms with van der Waals surface area (Å²) in [4.78, 5) is 22.7. The van der Waals surface area contributed by atoms with Gasteiger partial charge in [-0.1, -0.05) is 41.9 Å². The maximum absolute atomic E-state index is 12.9. The number of hydrogen-bond acceptors (Lipinski definition) is 4. The third-order valence-corrected chi connectivity index (χ3v) is 6.58. The molecule has 4 rings (SSSR count). The van der Waals surface area contributed by atoms with Crippen molar-refractivity contribution in [3.8, 4) is 0 Å². The second-order valence-corrected chi connectivity index (χ2v) is 8.64. The van der Waals surface area contributed by atoms with E-state index in [1.54, 1.807) is 11.8 Å². The Morgan fingerprint density at radius 2 is 1.86 bits per heavy atom. The Morgan fingerprint density at radius 3 is 2.69 bits per heavy atom. The van der Waals surface area contributed by atoms with Crippen molar-refractivity contribution in [3.63, 3.8) is 0 Å². The molecule has 1 aliphatic heterocycles. The Labute approximate surface area is 180 Å². The van der Waals surface area contributed by atoms with Crippen molar-refractivity contribution in [2.45, 2.75) is 17.9 Å². The van der Waals surface area contributed by atoms with Crippen LogP contribution in [-0.2, 0) is 11.3 Å². The summed E-state index contributed by atoms with van der Waals surface area (Å²) in [6.45, 7) is 4.29. The number of fused-ring (bicyclic) bond motifs is 1. The van der Waals surface area contributed by atoms with E-state index in [0.717, 1.165) is 65.5 Å². The number of amides is 1. The lowest BCUT2D eigenvalue weighted by molar-refractivity contribution is -0.128. The number of hydrogen-bond donors (Lipinski definition) is 0. The van der Waals surface area contributed by atoms with E-state index in [1.165, 1.54) is 0 Å². The zero-order valence-electron chi connectivity index (χ0n) is 16.3. The topological polar surface area (TPSA) is 36.4 Å². The molecule has 1 aliphatic rings. The molecule has 0 aliphatic carbocycles. The van der Waals surface area contributed by atoms with Gasteiger partial charge in [0.1, 0.15) is 0 Å². The van der Waals surface area contributed by atoms with E-state index < -0.39 is 0 Å². The summed E-state index contributed by atoms with van der Waals surface area (Å²) in [7, 11) is 0. The number of carbonyl (C=O) groups is 1. The van der Waals surface area contributed by atoms with Gasteiger partial charge in [-0.05, 0) is 36.1 Å². The van der Waals surface area contributed by atoms with Crippen LogP contribution in [0, 0.1) is 0 Å². The first kappa shape index (κ1) is 20.2. The first-order chi connectivity index (χ1) is 14.2. The second kappa shape index (κ2) is 9.61. The first-order valence-corrected chi connectivity index (χ1v) is 11.3. The standard InChI is InChI=1S/C23H24ClN3OS/c24-20-9-3-6-18-7-4-10-21(23(18)20)29-17-22(28)27-13-5-12-26(14-15-27)16-19-8-1-2-11-25-19/h1-4,6-11H,5,12-17H2. The number of rotatable bonds is 5. The molecule has 2 aromatic carbocycles. The molecule has 0 unspecified atom stereocenters. The van der Waals surface area contributed by atoms with E-state index in [4.69, 9.17) is 11.6 Å².